The molecule has 0 atom stereocenters. The Labute approximate surface area is 69.6 Å². The lowest BCUT2D eigenvalue weighted by molar-refractivity contribution is 0.332. The van der Waals surface area contributed by atoms with Crippen LogP contribution in [-0.4, -0.2) is 12.1 Å². The Morgan fingerprint density at radius 1 is 1.42 bits per heavy atom. The SMILES string of the molecule is CN(N)Cc1cccc(F)c1F. The van der Waals surface area contributed by atoms with Gasteiger partial charge in [-0.25, -0.2) is 13.8 Å². The largest absolute Gasteiger partial charge is 0.269 e. The number of benzene rings is 1. The molecule has 1 rings (SSSR count). The van der Waals surface area contributed by atoms with Crippen LogP contribution >= 0.6 is 0 Å². The maximum atomic E-state index is 12.9. The zero-order valence-electron chi connectivity index (χ0n) is 6.72. The highest BCUT2D eigenvalue weighted by atomic mass is 19.2. The van der Waals surface area contributed by atoms with E-state index < -0.39 is 11.6 Å². The molecule has 0 heterocycles. The van der Waals surface area contributed by atoms with Gasteiger partial charge in [0.2, 0.25) is 0 Å². The molecule has 2 nitrogen and oxygen atoms in total. The summed E-state index contributed by atoms with van der Waals surface area (Å²) < 4.78 is 25.5. The monoisotopic (exact) mass is 172 g/mol. The van der Waals surface area contributed by atoms with E-state index in [9.17, 15) is 8.78 Å². The second kappa shape index (κ2) is 3.60. The molecule has 1 aromatic carbocycles. The first-order chi connectivity index (χ1) is 5.61. The van der Waals surface area contributed by atoms with Gasteiger partial charge in [-0.15, -0.1) is 0 Å². The van der Waals surface area contributed by atoms with Crippen molar-refractivity contribution in [1.29, 1.82) is 0 Å². The number of halogens is 2. The molecule has 0 spiro atoms. The highest BCUT2D eigenvalue weighted by Gasteiger charge is 2.07. The van der Waals surface area contributed by atoms with E-state index in [0.717, 1.165) is 6.07 Å². The fourth-order valence-electron chi connectivity index (χ4n) is 0.939. The van der Waals surface area contributed by atoms with Crippen LogP contribution in [0, 0.1) is 11.6 Å². The third-order valence-electron chi connectivity index (χ3n) is 1.45. The summed E-state index contributed by atoms with van der Waals surface area (Å²) in [7, 11) is 1.59. The van der Waals surface area contributed by atoms with E-state index in [1.54, 1.807) is 7.05 Å². The highest BCUT2D eigenvalue weighted by molar-refractivity contribution is 5.18. The van der Waals surface area contributed by atoms with Gasteiger partial charge in [0.25, 0.3) is 0 Å². The van der Waals surface area contributed by atoms with Gasteiger partial charge in [0.05, 0.1) is 0 Å². The van der Waals surface area contributed by atoms with Gasteiger partial charge < -0.3 is 0 Å². The number of nitrogens with zero attached hydrogens (tertiary/aromatic N) is 1. The molecule has 0 amide bonds. The lowest BCUT2D eigenvalue weighted by Gasteiger charge is -2.09. The molecule has 0 fully saturated rings. The summed E-state index contributed by atoms with van der Waals surface area (Å²) in [4.78, 5) is 0. The van der Waals surface area contributed by atoms with Crippen LogP contribution in [0.2, 0.25) is 0 Å². The number of hydrogen-bond acceptors (Lipinski definition) is 2. The van der Waals surface area contributed by atoms with E-state index in [0.29, 0.717) is 0 Å². The molecule has 12 heavy (non-hydrogen) atoms. The van der Waals surface area contributed by atoms with E-state index in [1.807, 2.05) is 0 Å². The summed E-state index contributed by atoms with van der Waals surface area (Å²) >= 11 is 0. The van der Waals surface area contributed by atoms with Crippen LogP contribution < -0.4 is 5.84 Å². The Morgan fingerprint density at radius 2 is 2.08 bits per heavy atom. The molecule has 0 saturated carbocycles. The van der Waals surface area contributed by atoms with Crippen molar-refractivity contribution in [2.24, 2.45) is 5.84 Å². The van der Waals surface area contributed by atoms with Crippen molar-refractivity contribution >= 4 is 0 Å². The van der Waals surface area contributed by atoms with Gasteiger partial charge in [0.15, 0.2) is 11.6 Å². The Kier molecular flexibility index (Phi) is 2.73. The number of hydrogen-bond donors (Lipinski definition) is 1. The van der Waals surface area contributed by atoms with Crippen LogP contribution in [0.3, 0.4) is 0 Å². The summed E-state index contributed by atoms with van der Waals surface area (Å²) in [5.41, 5.74) is 0.264. The molecule has 0 aromatic heterocycles. The van der Waals surface area contributed by atoms with E-state index in [-0.39, 0.29) is 12.1 Å². The summed E-state index contributed by atoms with van der Waals surface area (Å²) in [6.07, 6.45) is 0. The molecule has 0 aliphatic rings. The average molecular weight is 172 g/mol. The Bertz CT molecular complexity index is 274. The second-order valence-electron chi connectivity index (χ2n) is 2.63. The van der Waals surface area contributed by atoms with Gasteiger partial charge in [-0.1, -0.05) is 12.1 Å². The van der Waals surface area contributed by atoms with E-state index in [1.165, 1.54) is 17.1 Å². The van der Waals surface area contributed by atoms with Gasteiger partial charge in [-0.3, -0.25) is 5.84 Å². The van der Waals surface area contributed by atoms with Gasteiger partial charge in [-0.2, -0.15) is 0 Å². The van der Waals surface area contributed by atoms with Crippen LogP contribution in [0.1, 0.15) is 5.56 Å². The fraction of sp³-hybridized carbons (Fsp3) is 0.250. The quantitative estimate of drug-likeness (QED) is 0.537. The minimum Gasteiger partial charge on any atom is -0.269 e. The minimum atomic E-state index is -0.839. The van der Waals surface area contributed by atoms with Crippen molar-refractivity contribution in [2.75, 3.05) is 7.05 Å². The van der Waals surface area contributed by atoms with E-state index >= 15 is 0 Å². The molecule has 66 valence electrons. The third-order valence-corrected chi connectivity index (χ3v) is 1.45. The average Bonchev–Trinajstić information content (AvgIpc) is 1.98. The first kappa shape index (κ1) is 9.09. The van der Waals surface area contributed by atoms with Gasteiger partial charge in [-0.05, 0) is 6.07 Å². The maximum Gasteiger partial charge on any atom is 0.163 e. The van der Waals surface area contributed by atoms with Gasteiger partial charge in [0, 0.05) is 19.2 Å². The molecule has 0 saturated heterocycles. The van der Waals surface area contributed by atoms with Crippen LogP contribution in [-0.2, 0) is 6.54 Å². The van der Waals surface area contributed by atoms with Crippen LogP contribution in [0.4, 0.5) is 8.78 Å². The first-order valence-corrected chi connectivity index (χ1v) is 3.50. The molecular formula is C8H10F2N2. The Morgan fingerprint density at radius 3 is 2.67 bits per heavy atom. The molecule has 0 radical (unpaired) electrons. The topological polar surface area (TPSA) is 29.3 Å². The number of rotatable bonds is 2. The smallest absolute Gasteiger partial charge is 0.163 e. The molecule has 1 aromatic rings. The summed E-state index contributed by atoms with van der Waals surface area (Å²) in [6.45, 7) is 0.198. The summed E-state index contributed by atoms with van der Waals surface area (Å²) in [6, 6.07) is 4.04. The zero-order chi connectivity index (χ0) is 9.14. The van der Waals surface area contributed by atoms with Gasteiger partial charge in [0.1, 0.15) is 0 Å². The van der Waals surface area contributed by atoms with Gasteiger partial charge >= 0.3 is 0 Å². The molecular weight excluding hydrogens is 162 g/mol. The standard InChI is InChI=1S/C8H10F2N2/c1-12(11)5-6-3-2-4-7(9)8(6)10/h2-4H,5,11H2,1H3. The summed E-state index contributed by atoms with van der Waals surface area (Å²) in [5, 5.41) is 1.29. The van der Waals surface area contributed by atoms with Crippen molar-refractivity contribution < 1.29 is 8.78 Å². The Hall–Kier alpha value is -1.00. The van der Waals surface area contributed by atoms with Crippen molar-refractivity contribution in [2.45, 2.75) is 6.54 Å². The predicted octanol–water partition coefficient (Wildman–Crippen LogP) is 1.27. The Balaban J connectivity index is 2.92. The van der Waals surface area contributed by atoms with Crippen molar-refractivity contribution in [3.63, 3.8) is 0 Å². The summed E-state index contributed by atoms with van der Waals surface area (Å²) in [5.74, 6) is 3.62. The third kappa shape index (κ3) is 1.99. The lowest BCUT2D eigenvalue weighted by Crippen LogP contribution is -2.25. The first-order valence-electron chi connectivity index (χ1n) is 3.50. The minimum absolute atomic E-state index is 0.198. The van der Waals surface area contributed by atoms with Crippen molar-refractivity contribution in [1.82, 2.24) is 5.01 Å². The molecule has 0 aliphatic carbocycles. The molecule has 0 bridgehead atoms. The maximum absolute atomic E-state index is 12.9. The molecule has 2 N–H and O–H groups in total. The van der Waals surface area contributed by atoms with E-state index in [2.05, 4.69) is 0 Å². The van der Waals surface area contributed by atoms with Crippen LogP contribution in [0.15, 0.2) is 18.2 Å². The highest BCUT2D eigenvalue weighted by Crippen LogP contribution is 2.11. The van der Waals surface area contributed by atoms with Crippen molar-refractivity contribution in [3.8, 4) is 0 Å². The normalized spacial score (nSPS) is 10.8. The predicted molar refractivity (Wildman–Crippen MR) is 42.0 cm³/mol. The van der Waals surface area contributed by atoms with Crippen LogP contribution in [0.25, 0.3) is 0 Å². The molecule has 4 heteroatoms. The second-order valence-corrected chi connectivity index (χ2v) is 2.63. The zero-order valence-corrected chi connectivity index (χ0v) is 6.72. The lowest BCUT2D eigenvalue weighted by atomic mass is 10.2. The molecule has 0 unspecified atom stereocenters. The molecule has 0 aliphatic heterocycles. The number of nitrogens with two attached hydrogens (primary N) is 1. The van der Waals surface area contributed by atoms with Crippen LogP contribution in [0.5, 0.6) is 0 Å². The fourth-order valence-corrected chi connectivity index (χ4v) is 0.939. The van der Waals surface area contributed by atoms with E-state index in [4.69, 9.17) is 5.84 Å². The van der Waals surface area contributed by atoms with Crippen molar-refractivity contribution in [3.05, 3.63) is 35.4 Å². The number of hydrazine groups is 1.